The molecule has 1 saturated carbocycles. The highest BCUT2D eigenvalue weighted by Crippen LogP contribution is 2.39. The number of nitrogens with zero attached hydrogens (tertiary/aromatic N) is 3. The number of hydrogen-bond acceptors (Lipinski definition) is 3. The molecule has 0 radical (unpaired) electrons. The number of halogens is 2. The minimum Gasteiger partial charge on any atom is -0.369 e. The summed E-state index contributed by atoms with van der Waals surface area (Å²) in [6.45, 7) is 1.53. The lowest BCUT2D eigenvalue weighted by atomic mass is 10.3. The third kappa shape index (κ3) is 2.93. The van der Waals surface area contributed by atoms with Gasteiger partial charge in [0, 0.05) is 37.1 Å². The highest BCUT2D eigenvalue weighted by molar-refractivity contribution is 6.33. The molecule has 0 amide bonds. The number of rotatable bonds is 6. The maximum absolute atomic E-state index is 13.2. The van der Waals surface area contributed by atoms with Gasteiger partial charge in [-0.15, -0.1) is 0 Å². The third-order valence-electron chi connectivity index (χ3n) is 3.43. The first-order valence-electron chi connectivity index (χ1n) is 6.81. The van der Waals surface area contributed by atoms with Gasteiger partial charge in [-0.2, -0.15) is 5.10 Å². The van der Waals surface area contributed by atoms with E-state index in [0.717, 1.165) is 13.0 Å². The van der Waals surface area contributed by atoms with Gasteiger partial charge < -0.3 is 5.32 Å². The van der Waals surface area contributed by atoms with Crippen molar-refractivity contribution in [2.75, 3.05) is 11.9 Å². The summed E-state index contributed by atoms with van der Waals surface area (Å²) in [4.78, 5) is 4.02. The van der Waals surface area contributed by atoms with Crippen molar-refractivity contribution in [2.24, 2.45) is 0 Å². The van der Waals surface area contributed by atoms with Crippen LogP contribution in [-0.4, -0.2) is 21.3 Å². The maximum atomic E-state index is 13.2. The van der Waals surface area contributed by atoms with E-state index in [4.69, 9.17) is 11.6 Å². The van der Waals surface area contributed by atoms with Crippen molar-refractivity contribution >= 4 is 17.4 Å². The highest BCUT2D eigenvalue weighted by atomic mass is 35.5. The zero-order chi connectivity index (χ0) is 13.9. The van der Waals surface area contributed by atoms with E-state index in [1.165, 1.54) is 30.8 Å². The van der Waals surface area contributed by atoms with Gasteiger partial charge in [-0.05, 0) is 31.4 Å². The van der Waals surface area contributed by atoms with Crippen LogP contribution in [0.15, 0.2) is 24.5 Å². The van der Waals surface area contributed by atoms with Crippen LogP contribution in [0.3, 0.4) is 0 Å². The van der Waals surface area contributed by atoms with Gasteiger partial charge in [0.15, 0.2) is 0 Å². The van der Waals surface area contributed by atoms with Gasteiger partial charge in [-0.3, -0.25) is 4.68 Å². The van der Waals surface area contributed by atoms with E-state index >= 15 is 0 Å². The Labute approximate surface area is 122 Å². The number of aryl methyl sites for hydroxylation is 1. The van der Waals surface area contributed by atoms with Gasteiger partial charge in [-0.25, -0.2) is 9.37 Å². The van der Waals surface area contributed by atoms with Gasteiger partial charge in [-0.1, -0.05) is 11.6 Å². The fraction of sp³-hybridized carbons (Fsp3) is 0.429. The summed E-state index contributed by atoms with van der Waals surface area (Å²) in [6, 6.07) is 3.34. The van der Waals surface area contributed by atoms with E-state index in [2.05, 4.69) is 26.1 Å². The van der Waals surface area contributed by atoms with Crippen molar-refractivity contribution in [3.05, 3.63) is 41.1 Å². The molecule has 0 saturated heterocycles. The molecule has 1 aliphatic carbocycles. The number of nitrogens with one attached hydrogen (secondary N) is 1. The minimum atomic E-state index is -0.452. The lowest BCUT2D eigenvalue weighted by Gasteiger charge is -2.09. The van der Waals surface area contributed by atoms with Gasteiger partial charge in [0.25, 0.3) is 0 Å². The molecular weight excluding hydrogens is 279 g/mol. The monoisotopic (exact) mass is 294 g/mol. The van der Waals surface area contributed by atoms with E-state index in [-0.39, 0.29) is 5.02 Å². The van der Waals surface area contributed by atoms with Gasteiger partial charge >= 0.3 is 0 Å². The largest absolute Gasteiger partial charge is 0.369 e. The Bertz CT molecular complexity index is 595. The molecule has 4 nitrogen and oxygen atoms in total. The Morgan fingerprint density at radius 1 is 1.35 bits per heavy atom. The Morgan fingerprint density at radius 2 is 2.20 bits per heavy atom. The molecule has 1 aliphatic rings. The Kier molecular flexibility index (Phi) is 3.87. The summed E-state index contributed by atoms with van der Waals surface area (Å²) < 4.78 is 15.3. The molecule has 0 aromatic carbocycles. The number of pyridine rings is 1. The Morgan fingerprint density at radius 3 is 3.00 bits per heavy atom. The zero-order valence-corrected chi connectivity index (χ0v) is 11.8. The van der Waals surface area contributed by atoms with Crippen molar-refractivity contribution < 1.29 is 4.39 Å². The summed E-state index contributed by atoms with van der Waals surface area (Å²) in [5.74, 6) is 0.645. The molecule has 6 heteroatoms. The normalized spacial score (nSPS) is 14.5. The quantitative estimate of drug-likeness (QED) is 0.830. The van der Waals surface area contributed by atoms with Crippen LogP contribution in [0.1, 0.15) is 30.9 Å². The van der Waals surface area contributed by atoms with Crippen molar-refractivity contribution in [1.82, 2.24) is 14.8 Å². The summed E-state index contributed by atoms with van der Waals surface area (Å²) in [5.41, 5.74) is 1.33. The predicted molar refractivity (Wildman–Crippen MR) is 76.5 cm³/mol. The number of aromatic nitrogens is 3. The number of hydrogen-bond donors (Lipinski definition) is 1. The van der Waals surface area contributed by atoms with Crippen LogP contribution in [0.5, 0.6) is 0 Å². The van der Waals surface area contributed by atoms with Gasteiger partial charge in [0.05, 0.1) is 0 Å². The van der Waals surface area contributed by atoms with Gasteiger partial charge in [0.2, 0.25) is 0 Å². The average molecular weight is 295 g/mol. The van der Waals surface area contributed by atoms with Crippen molar-refractivity contribution in [2.45, 2.75) is 31.7 Å². The molecule has 0 bridgehead atoms. The molecule has 2 aromatic heterocycles. The molecule has 0 unspecified atom stereocenters. The Hall–Kier alpha value is -1.62. The molecule has 0 aliphatic heterocycles. The first-order chi connectivity index (χ1) is 9.75. The first-order valence-corrected chi connectivity index (χ1v) is 7.19. The second-order valence-electron chi connectivity index (χ2n) is 4.99. The van der Waals surface area contributed by atoms with E-state index in [1.54, 1.807) is 0 Å². The second kappa shape index (κ2) is 5.79. The molecule has 2 aromatic rings. The van der Waals surface area contributed by atoms with E-state index in [1.807, 2.05) is 6.20 Å². The van der Waals surface area contributed by atoms with Crippen LogP contribution in [0, 0.1) is 5.82 Å². The van der Waals surface area contributed by atoms with Crippen molar-refractivity contribution in [3.63, 3.8) is 0 Å². The maximum Gasteiger partial charge on any atom is 0.147 e. The molecule has 20 heavy (non-hydrogen) atoms. The van der Waals surface area contributed by atoms with Crippen LogP contribution >= 0.6 is 11.6 Å². The lowest BCUT2D eigenvalue weighted by Crippen LogP contribution is -2.10. The SMILES string of the molecule is Fc1ccnc(NCCCn2nccc2C2CC2)c1Cl. The molecule has 106 valence electrons. The fourth-order valence-electron chi connectivity index (χ4n) is 2.23. The Balaban J connectivity index is 1.50. The topological polar surface area (TPSA) is 42.7 Å². The van der Waals surface area contributed by atoms with Crippen molar-refractivity contribution in [1.29, 1.82) is 0 Å². The molecule has 1 fully saturated rings. The molecular formula is C14H16ClFN4. The standard InChI is InChI=1S/C14H16ClFN4/c15-13-11(16)4-7-18-14(13)17-6-1-9-20-12(5-8-19-20)10-2-3-10/h4-5,7-8,10H,1-3,6,9H2,(H,17,18). The van der Waals surface area contributed by atoms with E-state index in [0.29, 0.717) is 18.3 Å². The van der Waals surface area contributed by atoms with E-state index in [9.17, 15) is 4.39 Å². The van der Waals surface area contributed by atoms with Crippen LogP contribution in [0.2, 0.25) is 5.02 Å². The molecule has 2 heterocycles. The fourth-order valence-corrected chi connectivity index (χ4v) is 2.41. The van der Waals surface area contributed by atoms with Crippen LogP contribution < -0.4 is 5.32 Å². The summed E-state index contributed by atoms with van der Waals surface area (Å²) in [7, 11) is 0. The van der Waals surface area contributed by atoms with E-state index < -0.39 is 5.82 Å². The summed E-state index contributed by atoms with van der Waals surface area (Å²) >= 11 is 5.83. The predicted octanol–water partition coefficient (Wildman–Crippen LogP) is 3.45. The molecule has 0 spiro atoms. The minimum absolute atomic E-state index is 0.0465. The van der Waals surface area contributed by atoms with Gasteiger partial charge in [0.1, 0.15) is 16.7 Å². The lowest BCUT2D eigenvalue weighted by molar-refractivity contribution is 0.565. The molecule has 3 rings (SSSR count). The average Bonchev–Trinajstić information content (AvgIpc) is 3.19. The van der Waals surface area contributed by atoms with Crippen molar-refractivity contribution in [3.8, 4) is 0 Å². The number of anilines is 1. The molecule has 1 N–H and O–H groups in total. The summed E-state index contributed by atoms with van der Waals surface area (Å²) in [5, 5.41) is 7.44. The highest BCUT2D eigenvalue weighted by Gasteiger charge is 2.26. The summed E-state index contributed by atoms with van der Waals surface area (Å²) in [6.07, 6.45) is 6.68. The van der Waals surface area contributed by atoms with Crippen LogP contribution in [0.4, 0.5) is 10.2 Å². The smallest absolute Gasteiger partial charge is 0.147 e. The third-order valence-corrected chi connectivity index (χ3v) is 3.79. The first kappa shape index (κ1) is 13.4. The van der Waals surface area contributed by atoms with Crippen LogP contribution in [0.25, 0.3) is 0 Å². The molecule has 0 atom stereocenters. The second-order valence-corrected chi connectivity index (χ2v) is 5.37. The van der Waals surface area contributed by atoms with Crippen LogP contribution in [-0.2, 0) is 6.54 Å². The zero-order valence-electron chi connectivity index (χ0n) is 11.0.